The van der Waals surface area contributed by atoms with Gasteiger partial charge in [-0.3, -0.25) is 0 Å². The normalized spacial score (nSPS) is 24.4. The summed E-state index contributed by atoms with van der Waals surface area (Å²) in [5.41, 5.74) is 33.0. The Morgan fingerprint density at radius 2 is 1.59 bits per heavy atom. The van der Waals surface area contributed by atoms with Crippen LogP contribution in [0.2, 0.25) is 0 Å². The highest BCUT2D eigenvalue weighted by Gasteiger charge is 2.25. The Labute approximate surface area is 101 Å². The fraction of sp³-hybridized carbons (Fsp3) is 0.333. The van der Waals surface area contributed by atoms with E-state index in [2.05, 4.69) is 0 Å². The van der Waals surface area contributed by atoms with Gasteiger partial charge in [0.05, 0.1) is 0 Å². The van der Waals surface area contributed by atoms with E-state index in [0.29, 0.717) is 17.1 Å². The van der Waals surface area contributed by atoms with Crippen LogP contribution in [0.25, 0.3) is 0 Å². The van der Waals surface area contributed by atoms with Crippen molar-refractivity contribution in [1.29, 1.82) is 0 Å². The molecule has 0 aromatic heterocycles. The number of hydrogen-bond donors (Lipinski definition) is 5. The molecular weight excluding hydrogens is 214 g/mol. The maximum Gasteiger partial charge on any atom is 0.0394 e. The Morgan fingerprint density at radius 1 is 1.00 bits per heavy atom. The fourth-order valence-corrected chi connectivity index (χ4v) is 2.36. The van der Waals surface area contributed by atoms with Crippen LogP contribution in [0.3, 0.4) is 0 Å². The predicted molar refractivity (Wildman–Crippen MR) is 71.9 cm³/mol. The van der Waals surface area contributed by atoms with Crippen LogP contribution in [-0.4, -0.2) is 6.04 Å². The lowest BCUT2D eigenvalue weighted by atomic mass is 9.82. The number of benzene rings is 1. The second-order valence-electron chi connectivity index (χ2n) is 4.58. The fourth-order valence-electron chi connectivity index (χ4n) is 2.36. The monoisotopic (exact) mass is 233 g/mol. The smallest absolute Gasteiger partial charge is 0.0394 e. The molecule has 0 spiro atoms. The van der Waals surface area contributed by atoms with Crippen LogP contribution in [0.15, 0.2) is 23.9 Å². The summed E-state index contributed by atoms with van der Waals surface area (Å²) in [6.07, 6.45) is 3.62. The van der Waals surface area contributed by atoms with Gasteiger partial charge >= 0.3 is 0 Å². The summed E-state index contributed by atoms with van der Waals surface area (Å²) in [5, 5.41) is 0. The Balaban J connectivity index is 2.49. The third-order valence-corrected chi connectivity index (χ3v) is 3.22. The molecule has 2 atom stereocenters. The number of allylic oxidation sites excluding steroid dienone is 1. The molecule has 0 aliphatic heterocycles. The van der Waals surface area contributed by atoms with E-state index in [1.165, 1.54) is 0 Å². The molecule has 0 bridgehead atoms. The predicted octanol–water partition coefficient (Wildman–Crippen LogP) is 0.481. The molecule has 0 amide bonds. The number of hydrogen-bond acceptors (Lipinski definition) is 5. The van der Waals surface area contributed by atoms with Gasteiger partial charge in [-0.15, -0.1) is 0 Å². The van der Waals surface area contributed by atoms with E-state index < -0.39 is 0 Å². The van der Waals surface area contributed by atoms with E-state index in [0.717, 1.165) is 24.1 Å². The first-order valence-electron chi connectivity index (χ1n) is 5.65. The van der Waals surface area contributed by atoms with Gasteiger partial charge in [-0.2, -0.15) is 0 Å². The molecule has 0 heterocycles. The minimum atomic E-state index is -0.0238. The van der Waals surface area contributed by atoms with E-state index in [-0.39, 0.29) is 12.0 Å². The van der Waals surface area contributed by atoms with Crippen LogP contribution in [0.4, 0.5) is 17.1 Å². The minimum Gasteiger partial charge on any atom is -0.402 e. The van der Waals surface area contributed by atoms with Crippen LogP contribution >= 0.6 is 0 Å². The van der Waals surface area contributed by atoms with Crippen molar-refractivity contribution in [3.63, 3.8) is 0 Å². The van der Waals surface area contributed by atoms with Crippen molar-refractivity contribution >= 4 is 17.1 Å². The number of nitrogens with two attached hydrogens (primary N) is 5. The summed E-state index contributed by atoms with van der Waals surface area (Å²) in [4.78, 5) is 0. The summed E-state index contributed by atoms with van der Waals surface area (Å²) < 4.78 is 0. The van der Waals surface area contributed by atoms with E-state index in [1.807, 2.05) is 6.08 Å². The van der Waals surface area contributed by atoms with Crippen LogP contribution in [0.1, 0.15) is 24.3 Å². The van der Waals surface area contributed by atoms with Crippen molar-refractivity contribution in [1.82, 2.24) is 0 Å². The summed E-state index contributed by atoms with van der Waals surface area (Å²) >= 11 is 0. The van der Waals surface area contributed by atoms with Crippen LogP contribution in [0.5, 0.6) is 0 Å². The Hall–Kier alpha value is -1.88. The summed E-state index contributed by atoms with van der Waals surface area (Å²) in [7, 11) is 0. The van der Waals surface area contributed by atoms with E-state index in [1.54, 1.807) is 12.1 Å². The molecule has 1 aliphatic rings. The van der Waals surface area contributed by atoms with Gasteiger partial charge in [0.1, 0.15) is 0 Å². The molecule has 1 aromatic rings. The van der Waals surface area contributed by atoms with Crippen LogP contribution in [0, 0.1) is 0 Å². The average molecular weight is 233 g/mol. The second kappa shape index (κ2) is 4.18. The highest BCUT2D eigenvalue weighted by atomic mass is 14.7. The van der Waals surface area contributed by atoms with Crippen molar-refractivity contribution < 1.29 is 0 Å². The Morgan fingerprint density at radius 3 is 2.18 bits per heavy atom. The van der Waals surface area contributed by atoms with E-state index >= 15 is 0 Å². The molecule has 0 saturated heterocycles. The summed E-state index contributed by atoms with van der Waals surface area (Å²) in [6, 6.07) is 3.41. The van der Waals surface area contributed by atoms with Gasteiger partial charge in [0.25, 0.3) is 0 Å². The van der Waals surface area contributed by atoms with Gasteiger partial charge in [-0.1, -0.05) is 6.08 Å². The van der Waals surface area contributed by atoms with E-state index in [4.69, 9.17) is 28.7 Å². The first-order valence-corrected chi connectivity index (χ1v) is 5.65. The van der Waals surface area contributed by atoms with Crippen molar-refractivity contribution in [3.8, 4) is 0 Å². The van der Waals surface area contributed by atoms with Gasteiger partial charge in [0.2, 0.25) is 0 Å². The lowest BCUT2D eigenvalue weighted by Crippen LogP contribution is -2.32. The highest BCUT2D eigenvalue weighted by molar-refractivity contribution is 5.71. The lowest BCUT2D eigenvalue weighted by Gasteiger charge is -2.28. The molecule has 0 saturated carbocycles. The second-order valence-corrected chi connectivity index (χ2v) is 4.58. The molecule has 92 valence electrons. The Bertz CT molecular complexity index is 443. The standard InChI is InChI=1S/C12H19N5/c13-6-1-2-9(15)8(3-6)12-10(16)4-7(14)5-11(12)17/h3-5,8-9H,1-2,13-17H2. The Kier molecular flexibility index (Phi) is 2.85. The van der Waals surface area contributed by atoms with Crippen molar-refractivity contribution in [2.75, 3.05) is 17.2 Å². The summed E-state index contributed by atoms with van der Waals surface area (Å²) in [5.74, 6) is -0.0238. The average Bonchev–Trinajstić information content (AvgIpc) is 2.21. The molecule has 0 fully saturated rings. The zero-order valence-corrected chi connectivity index (χ0v) is 9.69. The molecule has 1 aliphatic carbocycles. The number of rotatable bonds is 1. The molecule has 10 N–H and O–H groups in total. The highest BCUT2D eigenvalue weighted by Crippen LogP contribution is 2.37. The molecule has 5 nitrogen and oxygen atoms in total. The van der Waals surface area contributed by atoms with Crippen molar-refractivity contribution in [2.24, 2.45) is 11.5 Å². The molecule has 17 heavy (non-hydrogen) atoms. The van der Waals surface area contributed by atoms with Crippen LogP contribution < -0.4 is 28.7 Å². The quantitative estimate of drug-likeness (QED) is 0.450. The molecule has 2 unspecified atom stereocenters. The first kappa shape index (κ1) is 11.6. The molecular formula is C12H19N5. The lowest BCUT2D eigenvalue weighted by molar-refractivity contribution is 0.531. The summed E-state index contributed by atoms with van der Waals surface area (Å²) in [6.45, 7) is 0. The molecule has 5 heteroatoms. The zero-order chi connectivity index (χ0) is 12.6. The molecule has 2 rings (SSSR count). The third kappa shape index (κ3) is 2.14. The van der Waals surface area contributed by atoms with Gasteiger partial charge < -0.3 is 28.7 Å². The molecule has 1 aromatic carbocycles. The van der Waals surface area contributed by atoms with Gasteiger partial charge in [-0.05, 0) is 25.0 Å². The maximum absolute atomic E-state index is 6.11. The minimum absolute atomic E-state index is 0.00414. The topological polar surface area (TPSA) is 130 Å². The third-order valence-electron chi connectivity index (χ3n) is 3.22. The SMILES string of the molecule is NC1=CC(c2c(N)cc(N)cc2N)C(N)CC1. The number of anilines is 3. The van der Waals surface area contributed by atoms with Crippen molar-refractivity contribution in [2.45, 2.75) is 24.8 Å². The maximum atomic E-state index is 6.11. The van der Waals surface area contributed by atoms with Crippen LogP contribution in [-0.2, 0) is 0 Å². The van der Waals surface area contributed by atoms with Gasteiger partial charge in [0.15, 0.2) is 0 Å². The zero-order valence-electron chi connectivity index (χ0n) is 9.69. The van der Waals surface area contributed by atoms with E-state index in [9.17, 15) is 0 Å². The number of nitrogen functional groups attached to an aromatic ring is 3. The van der Waals surface area contributed by atoms with Gasteiger partial charge in [-0.25, -0.2) is 0 Å². The first-order chi connectivity index (χ1) is 7.99. The molecule has 0 radical (unpaired) electrons. The van der Waals surface area contributed by atoms with Gasteiger partial charge in [0, 0.05) is 40.3 Å². The van der Waals surface area contributed by atoms with Crippen molar-refractivity contribution in [3.05, 3.63) is 29.5 Å². The largest absolute Gasteiger partial charge is 0.402 e.